The first kappa shape index (κ1) is 21.9. The van der Waals surface area contributed by atoms with E-state index in [4.69, 9.17) is 27.7 Å². The maximum atomic E-state index is 12.8. The van der Waals surface area contributed by atoms with Gasteiger partial charge in [0.2, 0.25) is 5.91 Å². The van der Waals surface area contributed by atoms with Crippen LogP contribution in [0.25, 0.3) is 22.3 Å². The third kappa shape index (κ3) is 4.19. The monoisotopic (exact) mass is 471 g/mol. The molecular formula is C22H19Cl2N5O3. The van der Waals surface area contributed by atoms with Crippen LogP contribution in [0, 0.1) is 6.92 Å². The average Bonchev–Trinajstić information content (AvgIpc) is 3.30. The quantitative estimate of drug-likeness (QED) is 0.423. The van der Waals surface area contributed by atoms with Crippen molar-refractivity contribution in [2.45, 2.75) is 19.8 Å². The molecule has 4 aromatic rings. The van der Waals surface area contributed by atoms with E-state index in [1.807, 2.05) is 35.9 Å². The van der Waals surface area contributed by atoms with E-state index < -0.39 is 5.91 Å². The number of amides is 2. The zero-order chi connectivity index (χ0) is 22.8. The molecule has 32 heavy (non-hydrogen) atoms. The molecule has 2 amide bonds. The molecular weight excluding hydrogens is 453 g/mol. The summed E-state index contributed by atoms with van der Waals surface area (Å²) in [6.45, 7) is 1.59. The molecule has 8 nitrogen and oxygen atoms in total. The molecule has 164 valence electrons. The Morgan fingerprint density at radius 2 is 1.78 bits per heavy atom. The first-order chi connectivity index (χ1) is 15.4. The van der Waals surface area contributed by atoms with Gasteiger partial charge in [-0.15, -0.1) is 0 Å². The van der Waals surface area contributed by atoms with Gasteiger partial charge in [-0.25, -0.2) is 4.98 Å². The number of nitrogens with zero attached hydrogens (tertiary/aromatic N) is 3. The summed E-state index contributed by atoms with van der Waals surface area (Å²) in [5, 5.41) is 4.58. The van der Waals surface area contributed by atoms with Crippen LogP contribution in [0.1, 0.15) is 28.4 Å². The fourth-order valence-electron chi connectivity index (χ4n) is 3.43. The lowest BCUT2D eigenvalue weighted by molar-refractivity contribution is -0.121. The highest BCUT2D eigenvalue weighted by Gasteiger charge is 2.25. The summed E-state index contributed by atoms with van der Waals surface area (Å²) in [7, 11) is 1.90. The van der Waals surface area contributed by atoms with Gasteiger partial charge in [-0.05, 0) is 31.2 Å². The van der Waals surface area contributed by atoms with Crippen LogP contribution in [0.15, 0.2) is 47.0 Å². The second-order valence-corrected chi connectivity index (χ2v) is 7.95. The minimum atomic E-state index is -0.592. The summed E-state index contributed by atoms with van der Waals surface area (Å²) in [6, 6.07) is 12.7. The van der Waals surface area contributed by atoms with Gasteiger partial charge in [0, 0.05) is 25.5 Å². The molecule has 4 rings (SSSR count). The van der Waals surface area contributed by atoms with Crippen molar-refractivity contribution in [3.8, 4) is 11.3 Å². The summed E-state index contributed by atoms with van der Waals surface area (Å²) in [5.41, 5.74) is 7.39. The highest BCUT2D eigenvalue weighted by atomic mass is 35.5. The van der Waals surface area contributed by atoms with Crippen molar-refractivity contribution < 1.29 is 14.1 Å². The third-order valence-corrected chi connectivity index (χ3v) is 5.69. The Morgan fingerprint density at radius 3 is 2.50 bits per heavy atom. The second kappa shape index (κ2) is 9.02. The topological polar surface area (TPSA) is 102 Å². The van der Waals surface area contributed by atoms with Gasteiger partial charge in [-0.1, -0.05) is 46.6 Å². The molecule has 2 aromatic heterocycles. The molecule has 0 saturated carbocycles. The Balaban J connectivity index is 1.42. The van der Waals surface area contributed by atoms with Gasteiger partial charge >= 0.3 is 0 Å². The van der Waals surface area contributed by atoms with Crippen LogP contribution in [0.5, 0.6) is 0 Å². The van der Waals surface area contributed by atoms with E-state index in [0.717, 1.165) is 16.9 Å². The predicted octanol–water partition coefficient (Wildman–Crippen LogP) is 4.24. The van der Waals surface area contributed by atoms with Crippen LogP contribution in [-0.4, -0.2) is 26.5 Å². The zero-order valence-corrected chi connectivity index (χ0v) is 18.8. The number of hydrogen-bond donors (Lipinski definition) is 2. The Hall–Kier alpha value is -3.36. The molecule has 2 N–H and O–H groups in total. The average molecular weight is 472 g/mol. The zero-order valence-electron chi connectivity index (χ0n) is 17.3. The molecule has 0 radical (unpaired) electrons. The van der Waals surface area contributed by atoms with Gasteiger partial charge in [0.25, 0.3) is 5.91 Å². The fourth-order valence-corrected chi connectivity index (χ4v) is 4.01. The van der Waals surface area contributed by atoms with E-state index in [2.05, 4.69) is 21.0 Å². The highest BCUT2D eigenvalue weighted by Crippen LogP contribution is 2.36. The fraction of sp³-hybridized carbons (Fsp3) is 0.182. The number of aromatic nitrogens is 3. The highest BCUT2D eigenvalue weighted by molar-refractivity contribution is 6.39. The number of carbonyl (C=O) groups is 2. The van der Waals surface area contributed by atoms with E-state index in [0.29, 0.717) is 22.0 Å². The number of para-hydroxylation sites is 2. The molecule has 0 saturated heterocycles. The van der Waals surface area contributed by atoms with Crippen molar-refractivity contribution >= 4 is 46.0 Å². The molecule has 2 aromatic carbocycles. The van der Waals surface area contributed by atoms with E-state index in [9.17, 15) is 9.59 Å². The minimum absolute atomic E-state index is 0.135. The summed E-state index contributed by atoms with van der Waals surface area (Å²) >= 11 is 12.5. The number of imidazole rings is 1. The molecule has 0 aliphatic carbocycles. The minimum Gasteiger partial charge on any atom is -0.360 e. The number of halogens is 2. The predicted molar refractivity (Wildman–Crippen MR) is 121 cm³/mol. The number of rotatable bonds is 5. The Morgan fingerprint density at radius 1 is 1.06 bits per heavy atom. The molecule has 0 spiro atoms. The number of aryl methyl sites for hydroxylation is 3. The van der Waals surface area contributed by atoms with E-state index in [1.54, 1.807) is 25.1 Å². The van der Waals surface area contributed by atoms with Crippen LogP contribution in [0.4, 0.5) is 0 Å². The van der Waals surface area contributed by atoms with Crippen molar-refractivity contribution in [2.75, 3.05) is 0 Å². The van der Waals surface area contributed by atoms with Gasteiger partial charge in [-0.2, -0.15) is 0 Å². The van der Waals surface area contributed by atoms with Crippen LogP contribution in [0.3, 0.4) is 0 Å². The first-order valence-corrected chi connectivity index (χ1v) is 10.5. The standard InChI is InChI=1S/C22H19Cl2N5O3/c1-12-19(21(28-32-12)20-13(23)6-5-7-14(20)24)22(31)27-26-18(30)11-10-17-25-15-8-3-4-9-16(15)29(17)2/h3-9H,10-11H2,1-2H3,(H,26,30)(H,27,31). The molecule has 0 aliphatic rings. The maximum Gasteiger partial charge on any atom is 0.275 e. The molecule has 10 heteroatoms. The van der Waals surface area contributed by atoms with Gasteiger partial charge in [-0.3, -0.25) is 20.4 Å². The van der Waals surface area contributed by atoms with Crippen LogP contribution in [0.2, 0.25) is 10.0 Å². The molecule has 0 unspecified atom stereocenters. The second-order valence-electron chi connectivity index (χ2n) is 7.14. The summed E-state index contributed by atoms with van der Waals surface area (Å²) < 4.78 is 7.13. The van der Waals surface area contributed by atoms with Crippen molar-refractivity contribution in [1.29, 1.82) is 0 Å². The number of carbonyl (C=O) groups excluding carboxylic acids is 2. The van der Waals surface area contributed by atoms with E-state index in [-0.39, 0.29) is 29.3 Å². The van der Waals surface area contributed by atoms with Crippen LogP contribution in [-0.2, 0) is 18.3 Å². The smallest absolute Gasteiger partial charge is 0.275 e. The number of hydrogen-bond acceptors (Lipinski definition) is 5. The lowest BCUT2D eigenvalue weighted by atomic mass is 10.1. The number of nitrogens with one attached hydrogen (secondary N) is 2. The Labute approximate surface area is 193 Å². The summed E-state index contributed by atoms with van der Waals surface area (Å²) in [4.78, 5) is 29.6. The molecule has 0 fully saturated rings. The number of hydrazine groups is 1. The van der Waals surface area contributed by atoms with Gasteiger partial charge < -0.3 is 9.09 Å². The Kier molecular flexibility index (Phi) is 6.16. The van der Waals surface area contributed by atoms with Crippen molar-refractivity contribution in [2.24, 2.45) is 7.05 Å². The van der Waals surface area contributed by atoms with Crippen molar-refractivity contribution in [1.82, 2.24) is 25.6 Å². The normalized spacial score (nSPS) is 11.0. The largest absolute Gasteiger partial charge is 0.360 e. The first-order valence-electron chi connectivity index (χ1n) is 9.77. The summed E-state index contributed by atoms with van der Waals surface area (Å²) in [6.07, 6.45) is 0.558. The molecule has 2 heterocycles. The summed E-state index contributed by atoms with van der Waals surface area (Å²) in [5.74, 6) is 0.0864. The number of benzene rings is 2. The Bertz CT molecular complexity index is 1310. The van der Waals surface area contributed by atoms with Crippen molar-refractivity contribution in [3.63, 3.8) is 0 Å². The van der Waals surface area contributed by atoms with E-state index in [1.165, 1.54) is 0 Å². The molecule has 0 atom stereocenters. The number of fused-ring (bicyclic) bond motifs is 1. The van der Waals surface area contributed by atoms with E-state index >= 15 is 0 Å². The SMILES string of the molecule is Cc1onc(-c2c(Cl)cccc2Cl)c1C(=O)NNC(=O)CCc1nc2ccccc2n1C. The van der Waals surface area contributed by atoms with Crippen LogP contribution < -0.4 is 10.9 Å². The van der Waals surface area contributed by atoms with Gasteiger partial charge in [0.05, 0.1) is 21.1 Å². The van der Waals surface area contributed by atoms with Crippen LogP contribution >= 0.6 is 23.2 Å². The van der Waals surface area contributed by atoms with Gasteiger partial charge in [0.15, 0.2) is 0 Å². The molecule has 0 aliphatic heterocycles. The molecule has 0 bridgehead atoms. The maximum absolute atomic E-state index is 12.8. The third-order valence-electron chi connectivity index (χ3n) is 5.06. The van der Waals surface area contributed by atoms with Crippen molar-refractivity contribution in [3.05, 3.63) is 69.7 Å². The lowest BCUT2D eigenvalue weighted by Crippen LogP contribution is -2.42. The lowest BCUT2D eigenvalue weighted by Gasteiger charge is -2.09. The van der Waals surface area contributed by atoms with Gasteiger partial charge in [0.1, 0.15) is 22.8 Å².